The molecule has 3 N–H and O–H groups in total. The third-order valence-corrected chi connectivity index (χ3v) is 3.21. The standard InChI is InChI=1S/C14H15FN4O2/c15-10-4-2-1-3-9(10)11-7-13(19-18-11)17-14(20)12-8-16-5-6-21-12/h1-4,7,12,16H,5-6,8H2,(H2,17,18,19,20)/t12-/m0/s1. The Hall–Kier alpha value is -2.25. The molecule has 1 atom stereocenters. The van der Waals surface area contributed by atoms with Gasteiger partial charge in [-0.25, -0.2) is 4.39 Å². The summed E-state index contributed by atoms with van der Waals surface area (Å²) < 4.78 is 19.0. The van der Waals surface area contributed by atoms with E-state index < -0.39 is 6.10 Å². The van der Waals surface area contributed by atoms with Gasteiger partial charge in [-0.1, -0.05) is 12.1 Å². The number of nitrogens with one attached hydrogen (secondary N) is 3. The van der Waals surface area contributed by atoms with Gasteiger partial charge in [-0.05, 0) is 12.1 Å². The number of amides is 1. The minimum Gasteiger partial charge on any atom is -0.366 e. The van der Waals surface area contributed by atoms with Gasteiger partial charge in [0.1, 0.15) is 11.9 Å². The average molecular weight is 290 g/mol. The van der Waals surface area contributed by atoms with E-state index in [4.69, 9.17) is 4.74 Å². The number of hydrogen-bond acceptors (Lipinski definition) is 4. The van der Waals surface area contributed by atoms with Crippen molar-refractivity contribution in [3.63, 3.8) is 0 Å². The van der Waals surface area contributed by atoms with Crippen molar-refractivity contribution < 1.29 is 13.9 Å². The van der Waals surface area contributed by atoms with Crippen LogP contribution in [0.3, 0.4) is 0 Å². The summed E-state index contributed by atoms with van der Waals surface area (Å²) >= 11 is 0. The molecule has 1 amide bonds. The van der Waals surface area contributed by atoms with Gasteiger partial charge < -0.3 is 15.4 Å². The van der Waals surface area contributed by atoms with Crippen LogP contribution in [0.15, 0.2) is 30.3 Å². The predicted octanol–water partition coefficient (Wildman–Crippen LogP) is 1.14. The summed E-state index contributed by atoms with van der Waals surface area (Å²) in [6.07, 6.45) is -0.535. The van der Waals surface area contributed by atoms with Gasteiger partial charge in [0.2, 0.25) is 0 Å². The van der Waals surface area contributed by atoms with E-state index in [2.05, 4.69) is 20.8 Å². The lowest BCUT2D eigenvalue weighted by molar-refractivity contribution is -0.128. The van der Waals surface area contributed by atoms with Crippen LogP contribution in [-0.4, -0.2) is 41.9 Å². The molecule has 3 rings (SSSR count). The molecule has 0 radical (unpaired) electrons. The highest BCUT2D eigenvalue weighted by Gasteiger charge is 2.22. The van der Waals surface area contributed by atoms with Crippen LogP contribution >= 0.6 is 0 Å². The van der Waals surface area contributed by atoms with E-state index in [-0.39, 0.29) is 11.7 Å². The quantitative estimate of drug-likeness (QED) is 0.792. The number of aromatic amines is 1. The first-order valence-corrected chi connectivity index (χ1v) is 6.67. The average Bonchev–Trinajstić information content (AvgIpc) is 2.97. The molecule has 6 nitrogen and oxygen atoms in total. The third-order valence-electron chi connectivity index (χ3n) is 3.21. The van der Waals surface area contributed by atoms with Crippen LogP contribution in [-0.2, 0) is 9.53 Å². The van der Waals surface area contributed by atoms with Crippen molar-refractivity contribution in [3.05, 3.63) is 36.1 Å². The number of ether oxygens (including phenoxy) is 1. The Morgan fingerprint density at radius 2 is 2.29 bits per heavy atom. The number of morpholine rings is 1. The Morgan fingerprint density at radius 3 is 3.05 bits per heavy atom. The number of carbonyl (C=O) groups is 1. The Labute approximate surface area is 120 Å². The zero-order chi connectivity index (χ0) is 14.7. The first-order valence-electron chi connectivity index (χ1n) is 6.67. The number of benzene rings is 1. The molecule has 2 heterocycles. The number of aromatic nitrogens is 2. The van der Waals surface area contributed by atoms with Crippen LogP contribution in [0.2, 0.25) is 0 Å². The minimum absolute atomic E-state index is 0.270. The lowest BCUT2D eigenvalue weighted by Gasteiger charge is -2.22. The van der Waals surface area contributed by atoms with Crippen molar-refractivity contribution in [2.24, 2.45) is 0 Å². The molecule has 0 aliphatic carbocycles. The number of nitrogens with zero attached hydrogens (tertiary/aromatic N) is 1. The first-order chi connectivity index (χ1) is 10.2. The summed E-state index contributed by atoms with van der Waals surface area (Å²) in [5, 5.41) is 12.4. The maximum absolute atomic E-state index is 13.7. The fourth-order valence-corrected chi connectivity index (χ4v) is 2.14. The van der Waals surface area contributed by atoms with Crippen molar-refractivity contribution in [2.75, 3.05) is 25.0 Å². The number of carbonyl (C=O) groups excluding carboxylic acids is 1. The molecule has 110 valence electrons. The number of H-pyrrole nitrogens is 1. The Bertz CT molecular complexity index is 637. The summed E-state index contributed by atoms with van der Waals surface area (Å²) in [4.78, 5) is 12.0. The fraction of sp³-hybridized carbons (Fsp3) is 0.286. The summed E-state index contributed by atoms with van der Waals surface area (Å²) in [5.41, 5.74) is 0.909. The zero-order valence-corrected chi connectivity index (χ0v) is 11.2. The second-order valence-corrected chi connectivity index (χ2v) is 4.70. The maximum Gasteiger partial charge on any atom is 0.256 e. The van der Waals surface area contributed by atoms with Gasteiger partial charge in [0.05, 0.1) is 12.3 Å². The highest BCUT2D eigenvalue weighted by Crippen LogP contribution is 2.22. The smallest absolute Gasteiger partial charge is 0.256 e. The lowest BCUT2D eigenvalue weighted by atomic mass is 10.1. The molecule has 21 heavy (non-hydrogen) atoms. The Morgan fingerprint density at radius 1 is 1.43 bits per heavy atom. The van der Waals surface area contributed by atoms with Crippen LogP contribution in [0.5, 0.6) is 0 Å². The van der Waals surface area contributed by atoms with E-state index in [9.17, 15) is 9.18 Å². The molecule has 0 spiro atoms. The topological polar surface area (TPSA) is 79.0 Å². The summed E-state index contributed by atoms with van der Waals surface area (Å²) in [6, 6.07) is 7.95. The summed E-state index contributed by atoms with van der Waals surface area (Å²) in [7, 11) is 0. The molecular formula is C14H15FN4O2. The van der Waals surface area contributed by atoms with Gasteiger partial charge in [0, 0.05) is 24.7 Å². The van der Waals surface area contributed by atoms with E-state index in [0.29, 0.717) is 30.2 Å². The Balaban J connectivity index is 1.70. The molecule has 1 fully saturated rings. The van der Waals surface area contributed by atoms with Crippen LogP contribution in [0.4, 0.5) is 10.2 Å². The number of halogens is 1. The molecule has 0 saturated carbocycles. The molecule has 1 aliphatic rings. The fourth-order valence-electron chi connectivity index (χ4n) is 2.14. The second kappa shape index (κ2) is 6.02. The summed E-state index contributed by atoms with van der Waals surface area (Å²) in [6.45, 7) is 1.71. The van der Waals surface area contributed by atoms with E-state index in [1.54, 1.807) is 24.3 Å². The third kappa shape index (κ3) is 3.09. The monoisotopic (exact) mass is 290 g/mol. The molecule has 1 aromatic heterocycles. The molecule has 1 saturated heterocycles. The van der Waals surface area contributed by atoms with Gasteiger partial charge in [-0.2, -0.15) is 5.10 Å². The molecule has 2 aromatic rings. The van der Waals surface area contributed by atoms with Gasteiger partial charge in [0.15, 0.2) is 5.82 Å². The van der Waals surface area contributed by atoms with Gasteiger partial charge in [-0.3, -0.25) is 9.89 Å². The SMILES string of the molecule is O=C(Nc1cc(-c2ccccc2F)[nH]n1)[C@@H]1CNCCO1. The highest BCUT2D eigenvalue weighted by atomic mass is 19.1. The van der Waals surface area contributed by atoms with Crippen molar-refractivity contribution >= 4 is 11.7 Å². The molecule has 0 bridgehead atoms. The number of rotatable bonds is 3. The van der Waals surface area contributed by atoms with Crippen LogP contribution in [0.25, 0.3) is 11.3 Å². The predicted molar refractivity (Wildman–Crippen MR) is 75.2 cm³/mol. The zero-order valence-electron chi connectivity index (χ0n) is 11.2. The summed E-state index contributed by atoms with van der Waals surface area (Å²) in [5.74, 6) is -0.278. The van der Waals surface area contributed by atoms with Gasteiger partial charge >= 0.3 is 0 Å². The van der Waals surface area contributed by atoms with E-state index in [0.717, 1.165) is 6.54 Å². The molecule has 1 aliphatic heterocycles. The minimum atomic E-state index is -0.535. The maximum atomic E-state index is 13.7. The van der Waals surface area contributed by atoms with Crippen molar-refractivity contribution in [1.82, 2.24) is 15.5 Å². The van der Waals surface area contributed by atoms with Crippen LogP contribution < -0.4 is 10.6 Å². The Kier molecular flexibility index (Phi) is 3.94. The first kappa shape index (κ1) is 13.7. The van der Waals surface area contributed by atoms with Gasteiger partial charge in [0.25, 0.3) is 5.91 Å². The van der Waals surface area contributed by atoms with E-state index in [1.807, 2.05) is 0 Å². The highest BCUT2D eigenvalue weighted by molar-refractivity contribution is 5.94. The van der Waals surface area contributed by atoms with E-state index >= 15 is 0 Å². The van der Waals surface area contributed by atoms with E-state index in [1.165, 1.54) is 6.07 Å². The van der Waals surface area contributed by atoms with Crippen LogP contribution in [0.1, 0.15) is 0 Å². The van der Waals surface area contributed by atoms with Crippen molar-refractivity contribution in [3.8, 4) is 11.3 Å². The number of hydrogen-bond donors (Lipinski definition) is 3. The lowest BCUT2D eigenvalue weighted by Crippen LogP contribution is -2.45. The van der Waals surface area contributed by atoms with Gasteiger partial charge in [-0.15, -0.1) is 0 Å². The van der Waals surface area contributed by atoms with Crippen molar-refractivity contribution in [2.45, 2.75) is 6.10 Å². The molecule has 1 aromatic carbocycles. The number of anilines is 1. The molecule has 7 heteroatoms. The van der Waals surface area contributed by atoms with Crippen LogP contribution in [0, 0.1) is 5.82 Å². The second-order valence-electron chi connectivity index (χ2n) is 4.70. The van der Waals surface area contributed by atoms with Crippen molar-refractivity contribution in [1.29, 1.82) is 0 Å². The molecular weight excluding hydrogens is 275 g/mol. The molecule has 0 unspecified atom stereocenters. The largest absolute Gasteiger partial charge is 0.366 e. The normalized spacial score (nSPS) is 18.4.